The number of rotatable bonds is 6. The van der Waals surface area contributed by atoms with Crippen molar-refractivity contribution in [2.24, 2.45) is 5.73 Å². The molecule has 2 aromatic rings. The Balaban J connectivity index is 1.86. The Labute approximate surface area is 199 Å². The second-order valence-corrected chi connectivity index (χ2v) is 8.02. The highest BCUT2D eigenvalue weighted by molar-refractivity contribution is 5.67. The molecule has 7 nitrogen and oxygen atoms in total. The molecular weight excluding hydrogens is 432 g/mol. The van der Waals surface area contributed by atoms with Crippen molar-refractivity contribution in [2.45, 2.75) is 25.2 Å². The number of nitriles is 1. The van der Waals surface area contributed by atoms with Crippen LogP contribution in [0.15, 0.2) is 64.8 Å². The van der Waals surface area contributed by atoms with Crippen molar-refractivity contribution in [1.29, 1.82) is 5.26 Å². The Kier molecular flexibility index (Phi) is 6.69. The highest BCUT2D eigenvalue weighted by Crippen LogP contribution is 2.49. The predicted octanol–water partition coefficient (Wildman–Crippen LogP) is 5.05. The second kappa shape index (κ2) is 9.84. The maximum atomic E-state index is 9.97. The van der Waals surface area contributed by atoms with Gasteiger partial charge in [-0.05, 0) is 54.7 Å². The highest BCUT2D eigenvalue weighted by Gasteiger charge is 2.37. The molecule has 0 saturated heterocycles. The van der Waals surface area contributed by atoms with Gasteiger partial charge in [-0.1, -0.05) is 6.07 Å². The zero-order chi connectivity index (χ0) is 24.2. The van der Waals surface area contributed by atoms with Crippen LogP contribution in [0, 0.1) is 11.3 Å². The Morgan fingerprint density at radius 2 is 1.62 bits per heavy atom. The molecule has 1 aliphatic heterocycles. The maximum absolute atomic E-state index is 9.97. The van der Waals surface area contributed by atoms with Gasteiger partial charge < -0.3 is 29.4 Å². The molecule has 0 bridgehead atoms. The molecule has 4 rings (SSSR count). The number of ether oxygens (including phenoxy) is 5. The predicted molar refractivity (Wildman–Crippen MR) is 129 cm³/mol. The molecule has 2 N–H and O–H groups in total. The topological polar surface area (TPSA) is 96.0 Å². The minimum Gasteiger partial charge on any atom is -0.497 e. The molecule has 0 spiro atoms. The van der Waals surface area contributed by atoms with E-state index in [0.29, 0.717) is 34.3 Å². The summed E-state index contributed by atoms with van der Waals surface area (Å²) < 4.78 is 28.0. The number of methoxy groups -OCH3 is 4. The third-order valence-electron chi connectivity index (χ3n) is 6.23. The monoisotopic (exact) mass is 460 g/mol. The molecule has 1 heterocycles. The van der Waals surface area contributed by atoms with E-state index in [9.17, 15) is 5.26 Å². The van der Waals surface area contributed by atoms with E-state index in [4.69, 9.17) is 29.4 Å². The molecule has 0 fully saturated rings. The van der Waals surface area contributed by atoms with Gasteiger partial charge in [0.2, 0.25) is 5.88 Å². The van der Waals surface area contributed by atoms with E-state index < -0.39 is 0 Å². The first-order chi connectivity index (χ1) is 16.5. The summed E-state index contributed by atoms with van der Waals surface area (Å²) in [5.74, 6) is 3.18. The molecule has 1 aliphatic carbocycles. The van der Waals surface area contributed by atoms with Crippen LogP contribution in [0.25, 0.3) is 6.08 Å². The van der Waals surface area contributed by atoms with Gasteiger partial charge >= 0.3 is 0 Å². The van der Waals surface area contributed by atoms with Gasteiger partial charge in [0.15, 0.2) is 0 Å². The summed E-state index contributed by atoms with van der Waals surface area (Å²) in [6.07, 6.45) is 4.57. The van der Waals surface area contributed by atoms with Crippen LogP contribution in [0.2, 0.25) is 0 Å². The lowest BCUT2D eigenvalue weighted by Gasteiger charge is -2.33. The molecule has 0 saturated carbocycles. The smallest absolute Gasteiger partial charge is 0.205 e. The Morgan fingerprint density at radius 3 is 2.26 bits per heavy atom. The standard InChI is InChI=1S/C27H28N2O5/c1-30-18-9-8-16(23(13-18)32-3)12-17-6-5-7-21-25(22(15-28)27(29)34-26(17)21)20-11-10-19(31-2)14-24(20)33-4/h8-14,25H,5-7,29H2,1-4H3/b17-12+. The molecule has 2 aliphatic rings. The van der Waals surface area contributed by atoms with Gasteiger partial charge in [0.1, 0.15) is 40.4 Å². The van der Waals surface area contributed by atoms with Crippen LogP contribution >= 0.6 is 0 Å². The summed E-state index contributed by atoms with van der Waals surface area (Å²) in [7, 11) is 6.46. The van der Waals surface area contributed by atoms with Crippen LogP contribution in [0.1, 0.15) is 36.3 Å². The molecule has 1 atom stereocenters. The minimum absolute atomic E-state index is 0.110. The zero-order valence-corrected chi connectivity index (χ0v) is 19.8. The lowest BCUT2D eigenvalue weighted by molar-refractivity contribution is 0.276. The number of nitrogens with two attached hydrogens (primary N) is 1. The van der Waals surface area contributed by atoms with Crippen molar-refractivity contribution in [3.63, 3.8) is 0 Å². The van der Waals surface area contributed by atoms with E-state index in [2.05, 4.69) is 12.1 Å². The molecular formula is C27H28N2O5. The van der Waals surface area contributed by atoms with Crippen molar-refractivity contribution in [3.05, 3.63) is 75.9 Å². The summed E-state index contributed by atoms with van der Waals surface area (Å²) in [6.45, 7) is 0. The Bertz CT molecular complexity index is 1240. The number of hydrogen-bond donors (Lipinski definition) is 1. The van der Waals surface area contributed by atoms with Crippen LogP contribution < -0.4 is 24.7 Å². The number of benzene rings is 2. The normalized spacial score (nSPS) is 18.7. The summed E-state index contributed by atoms with van der Waals surface area (Å²) in [6, 6.07) is 13.6. The van der Waals surface area contributed by atoms with Crippen LogP contribution in [0.3, 0.4) is 0 Å². The SMILES string of the molecule is COc1ccc(/C=C2\CCCC3=C2OC(N)=C(C#N)C3c2ccc(OC)cc2OC)c(OC)c1. The largest absolute Gasteiger partial charge is 0.497 e. The lowest BCUT2D eigenvalue weighted by atomic mass is 9.76. The third-order valence-corrected chi connectivity index (χ3v) is 6.23. The van der Waals surface area contributed by atoms with E-state index >= 15 is 0 Å². The second-order valence-electron chi connectivity index (χ2n) is 8.02. The molecule has 0 aromatic heterocycles. The fourth-order valence-electron chi connectivity index (χ4n) is 4.57. The van der Waals surface area contributed by atoms with Crippen LogP contribution in [0.5, 0.6) is 23.0 Å². The number of allylic oxidation sites excluding steroid dienone is 3. The minimum atomic E-state index is -0.365. The summed E-state index contributed by atoms with van der Waals surface area (Å²) >= 11 is 0. The highest BCUT2D eigenvalue weighted by atomic mass is 16.5. The van der Waals surface area contributed by atoms with Crippen LogP contribution in [-0.4, -0.2) is 28.4 Å². The van der Waals surface area contributed by atoms with Gasteiger partial charge in [0.05, 0.1) is 34.4 Å². The fourth-order valence-corrected chi connectivity index (χ4v) is 4.57. The first-order valence-corrected chi connectivity index (χ1v) is 11.0. The van der Waals surface area contributed by atoms with Crippen molar-refractivity contribution >= 4 is 6.08 Å². The van der Waals surface area contributed by atoms with Crippen LogP contribution in [0.4, 0.5) is 0 Å². The number of nitrogens with zero attached hydrogens (tertiary/aromatic N) is 1. The Hall–Kier alpha value is -4.05. The van der Waals surface area contributed by atoms with Gasteiger partial charge in [-0.25, -0.2) is 0 Å². The van der Waals surface area contributed by atoms with Gasteiger partial charge in [-0.15, -0.1) is 0 Å². The summed E-state index contributed by atoms with van der Waals surface area (Å²) in [5.41, 5.74) is 10.4. The zero-order valence-electron chi connectivity index (χ0n) is 19.8. The molecule has 2 aromatic carbocycles. The molecule has 7 heteroatoms. The van der Waals surface area contributed by atoms with Gasteiger partial charge in [-0.2, -0.15) is 5.26 Å². The maximum Gasteiger partial charge on any atom is 0.205 e. The third kappa shape index (κ3) is 4.15. The van der Waals surface area contributed by atoms with Crippen molar-refractivity contribution in [3.8, 4) is 29.1 Å². The van der Waals surface area contributed by atoms with Crippen molar-refractivity contribution in [2.75, 3.05) is 28.4 Å². The van der Waals surface area contributed by atoms with E-state index in [1.807, 2.05) is 36.4 Å². The van der Waals surface area contributed by atoms with Gasteiger partial charge in [0, 0.05) is 23.3 Å². The summed E-state index contributed by atoms with van der Waals surface area (Å²) in [5, 5.41) is 9.97. The first kappa shape index (κ1) is 23.1. The molecule has 0 amide bonds. The van der Waals surface area contributed by atoms with E-state index in [1.54, 1.807) is 28.4 Å². The van der Waals surface area contributed by atoms with Gasteiger partial charge in [0.25, 0.3) is 0 Å². The first-order valence-electron chi connectivity index (χ1n) is 11.0. The lowest BCUT2D eigenvalue weighted by Crippen LogP contribution is -2.24. The molecule has 0 radical (unpaired) electrons. The molecule has 176 valence electrons. The van der Waals surface area contributed by atoms with Crippen LogP contribution in [-0.2, 0) is 4.74 Å². The van der Waals surface area contributed by atoms with Crippen molar-refractivity contribution < 1.29 is 23.7 Å². The average Bonchev–Trinajstić information content (AvgIpc) is 2.88. The fraction of sp³-hybridized carbons (Fsp3) is 0.296. The molecule has 34 heavy (non-hydrogen) atoms. The molecule has 1 unspecified atom stereocenters. The quantitative estimate of drug-likeness (QED) is 0.644. The Morgan fingerprint density at radius 1 is 0.941 bits per heavy atom. The van der Waals surface area contributed by atoms with E-state index in [0.717, 1.165) is 41.5 Å². The van der Waals surface area contributed by atoms with E-state index in [1.165, 1.54) is 0 Å². The number of hydrogen-bond acceptors (Lipinski definition) is 7. The van der Waals surface area contributed by atoms with E-state index in [-0.39, 0.29) is 11.8 Å². The van der Waals surface area contributed by atoms with Gasteiger partial charge in [-0.3, -0.25) is 0 Å². The summed E-state index contributed by atoms with van der Waals surface area (Å²) in [4.78, 5) is 0. The average molecular weight is 461 g/mol. The van der Waals surface area contributed by atoms with Crippen molar-refractivity contribution in [1.82, 2.24) is 0 Å².